The Morgan fingerprint density at radius 2 is 1.65 bits per heavy atom. The number of benzene rings is 3. The number of carbonyl (C=O) groups is 2. The van der Waals surface area contributed by atoms with Crippen LogP contribution >= 0.6 is 0 Å². The molecule has 0 unspecified atom stereocenters. The molecule has 1 saturated carbocycles. The highest BCUT2D eigenvalue weighted by atomic mass is 16.5. The maximum Gasteiger partial charge on any atom is 0.264 e. The molecule has 0 heterocycles. The van der Waals surface area contributed by atoms with Crippen molar-refractivity contribution in [1.29, 1.82) is 0 Å². The number of hydrogen-bond donors (Lipinski definition) is 1. The summed E-state index contributed by atoms with van der Waals surface area (Å²) in [6.07, 6.45) is 5.56. The molecule has 160 valence electrons. The van der Waals surface area contributed by atoms with E-state index in [1.54, 1.807) is 19.2 Å². The summed E-state index contributed by atoms with van der Waals surface area (Å²) in [5, 5.41) is 5.17. The molecular weight excluding hydrogens is 388 g/mol. The third kappa shape index (κ3) is 4.88. The number of carbonyl (C=O) groups excluding carboxylic acids is 2. The average molecular weight is 417 g/mol. The SMILES string of the molecule is CN(C(=O)COc1cccc2ccccc12)c1ccccc1C(=O)NC1CCCCC1. The zero-order valence-electron chi connectivity index (χ0n) is 17.8. The van der Waals surface area contributed by atoms with E-state index in [0.717, 1.165) is 36.5 Å². The monoisotopic (exact) mass is 416 g/mol. The molecule has 0 aromatic heterocycles. The Kier molecular flexibility index (Phi) is 6.51. The van der Waals surface area contributed by atoms with Gasteiger partial charge in [0.2, 0.25) is 0 Å². The fourth-order valence-corrected chi connectivity index (χ4v) is 4.16. The third-order valence-electron chi connectivity index (χ3n) is 5.93. The molecule has 0 radical (unpaired) electrons. The summed E-state index contributed by atoms with van der Waals surface area (Å²) >= 11 is 0. The van der Waals surface area contributed by atoms with Gasteiger partial charge in [0.1, 0.15) is 5.75 Å². The molecule has 5 heteroatoms. The van der Waals surface area contributed by atoms with Crippen LogP contribution in [0.2, 0.25) is 0 Å². The second kappa shape index (κ2) is 9.65. The maximum absolute atomic E-state index is 12.9. The molecule has 5 nitrogen and oxygen atoms in total. The highest BCUT2D eigenvalue weighted by Crippen LogP contribution is 2.26. The highest BCUT2D eigenvalue weighted by molar-refractivity contribution is 6.05. The van der Waals surface area contributed by atoms with Gasteiger partial charge in [-0.25, -0.2) is 0 Å². The van der Waals surface area contributed by atoms with Crippen LogP contribution < -0.4 is 15.0 Å². The summed E-state index contributed by atoms with van der Waals surface area (Å²) in [4.78, 5) is 27.3. The van der Waals surface area contributed by atoms with Gasteiger partial charge in [-0.3, -0.25) is 9.59 Å². The van der Waals surface area contributed by atoms with Gasteiger partial charge in [0.25, 0.3) is 11.8 Å². The summed E-state index contributed by atoms with van der Waals surface area (Å²) in [6.45, 7) is -0.108. The van der Waals surface area contributed by atoms with Crippen molar-refractivity contribution in [2.24, 2.45) is 0 Å². The van der Waals surface area contributed by atoms with Crippen molar-refractivity contribution in [3.63, 3.8) is 0 Å². The first-order valence-electron chi connectivity index (χ1n) is 10.9. The van der Waals surface area contributed by atoms with Crippen molar-refractivity contribution in [3.8, 4) is 5.75 Å². The molecule has 1 aliphatic carbocycles. The molecule has 1 N–H and O–H groups in total. The average Bonchev–Trinajstić information content (AvgIpc) is 2.82. The fraction of sp³-hybridized carbons (Fsp3) is 0.308. The molecule has 0 bridgehead atoms. The lowest BCUT2D eigenvalue weighted by Crippen LogP contribution is -2.38. The number of anilines is 1. The predicted molar refractivity (Wildman–Crippen MR) is 124 cm³/mol. The van der Waals surface area contributed by atoms with Crippen molar-refractivity contribution in [3.05, 3.63) is 72.3 Å². The van der Waals surface area contributed by atoms with E-state index in [4.69, 9.17) is 4.74 Å². The van der Waals surface area contributed by atoms with Crippen LogP contribution in [0.5, 0.6) is 5.75 Å². The molecule has 0 atom stereocenters. The van der Waals surface area contributed by atoms with Crippen molar-refractivity contribution in [1.82, 2.24) is 5.32 Å². The standard InChI is InChI=1S/C26H28N2O3/c1-28(25(29)18-31-24-17-9-11-19-10-5-6-14-21(19)24)23-16-8-7-15-22(23)26(30)27-20-12-3-2-4-13-20/h5-11,14-17,20H,2-4,12-13,18H2,1H3,(H,27,30). The van der Waals surface area contributed by atoms with Crippen LogP contribution in [0.25, 0.3) is 10.8 Å². The van der Waals surface area contributed by atoms with Crippen LogP contribution in [0.4, 0.5) is 5.69 Å². The normalized spacial score (nSPS) is 14.2. The van der Waals surface area contributed by atoms with Crippen molar-refractivity contribution in [2.45, 2.75) is 38.1 Å². The van der Waals surface area contributed by atoms with Gasteiger partial charge < -0.3 is 15.0 Å². The number of fused-ring (bicyclic) bond motifs is 1. The van der Waals surface area contributed by atoms with Crippen LogP contribution in [-0.2, 0) is 4.79 Å². The van der Waals surface area contributed by atoms with Crippen LogP contribution in [0.1, 0.15) is 42.5 Å². The molecule has 0 saturated heterocycles. The van der Waals surface area contributed by atoms with E-state index in [1.165, 1.54) is 11.3 Å². The Labute approximate surface area is 183 Å². The minimum Gasteiger partial charge on any atom is -0.483 e. The first kappa shape index (κ1) is 20.9. The number of likely N-dealkylation sites (N-methyl/N-ethyl adjacent to an activating group) is 1. The van der Waals surface area contributed by atoms with E-state index in [2.05, 4.69) is 5.32 Å². The van der Waals surface area contributed by atoms with E-state index in [1.807, 2.05) is 54.6 Å². The Hall–Kier alpha value is -3.34. The number of nitrogens with one attached hydrogen (secondary N) is 1. The zero-order chi connectivity index (χ0) is 21.6. The quantitative estimate of drug-likeness (QED) is 0.619. The molecule has 4 rings (SSSR count). The molecule has 0 aliphatic heterocycles. The van der Waals surface area contributed by atoms with Crippen LogP contribution in [0, 0.1) is 0 Å². The van der Waals surface area contributed by atoms with Gasteiger partial charge in [0.15, 0.2) is 6.61 Å². The molecule has 3 aromatic carbocycles. The first-order chi connectivity index (χ1) is 15.1. The molecule has 3 aromatic rings. The lowest BCUT2D eigenvalue weighted by molar-refractivity contribution is -0.120. The van der Waals surface area contributed by atoms with E-state index in [9.17, 15) is 9.59 Å². The summed E-state index contributed by atoms with van der Waals surface area (Å²) < 4.78 is 5.85. The Bertz CT molecular complexity index is 1070. The van der Waals surface area contributed by atoms with Gasteiger partial charge in [-0.2, -0.15) is 0 Å². The van der Waals surface area contributed by atoms with E-state index < -0.39 is 0 Å². The number of para-hydroxylation sites is 1. The molecule has 0 spiro atoms. The largest absolute Gasteiger partial charge is 0.483 e. The van der Waals surface area contributed by atoms with Gasteiger partial charge in [-0.05, 0) is 36.4 Å². The second-order valence-corrected chi connectivity index (χ2v) is 8.04. The summed E-state index contributed by atoms with van der Waals surface area (Å²) in [7, 11) is 1.68. The van der Waals surface area contributed by atoms with E-state index in [0.29, 0.717) is 17.0 Å². The van der Waals surface area contributed by atoms with E-state index in [-0.39, 0.29) is 24.5 Å². The highest BCUT2D eigenvalue weighted by Gasteiger charge is 2.22. The Balaban J connectivity index is 1.45. The topological polar surface area (TPSA) is 58.6 Å². The molecule has 2 amide bonds. The Morgan fingerprint density at radius 1 is 0.935 bits per heavy atom. The van der Waals surface area contributed by atoms with Gasteiger partial charge in [-0.15, -0.1) is 0 Å². The summed E-state index contributed by atoms with van der Waals surface area (Å²) in [5.41, 5.74) is 1.09. The molecule has 1 aliphatic rings. The third-order valence-corrected chi connectivity index (χ3v) is 5.93. The van der Waals surface area contributed by atoms with Crippen molar-refractivity contribution in [2.75, 3.05) is 18.6 Å². The van der Waals surface area contributed by atoms with E-state index >= 15 is 0 Å². The molecule has 31 heavy (non-hydrogen) atoms. The van der Waals surface area contributed by atoms with Crippen LogP contribution in [-0.4, -0.2) is 31.5 Å². The van der Waals surface area contributed by atoms with Gasteiger partial charge >= 0.3 is 0 Å². The van der Waals surface area contributed by atoms with Crippen molar-refractivity contribution < 1.29 is 14.3 Å². The number of nitrogens with zero attached hydrogens (tertiary/aromatic N) is 1. The number of amides is 2. The summed E-state index contributed by atoms with van der Waals surface area (Å²) in [5.74, 6) is 0.325. The number of hydrogen-bond acceptors (Lipinski definition) is 3. The van der Waals surface area contributed by atoms with Crippen LogP contribution in [0.3, 0.4) is 0 Å². The first-order valence-corrected chi connectivity index (χ1v) is 10.9. The molecule has 1 fully saturated rings. The molecular formula is C26H28N2O3. The minimum absolute atomic E-state index is 0.108. The second-order valence-electron chi connectivity index (χ2n) is 8.04. The Morgan fingerprint density at radius 3 is 2.48 bits per heavy atom. The minimum atomic E-state index is -0.217. The van der Waals surface area contributed by atoms with Gasteiger partial charge in [0.05, 0.1) is 11.3 Å². The van der Waals surface area contributed by atoms with Gasteiger partial charge in [-0.1, -0.05) is 67.8 Å². The summed E-state index contributed by atoms with van der Waals surface area (Å²) in [6, 6.07) is 21.1. The van der Waals surface area contributed by atoms with Crippen molar-refractivity contribution >= 4 is 28.3 Å². The zero-order valence-corrected chi connectivity index (χ0v) is 17.8. The maximum atomic E-state index is 12.9. The lowest BCUT2D eigenvalue weighted by Gasteiger charge is -2.25. The van der Waals surface area contributed by atoms with Gasteiger partial charge in [0, 0.05) is 18.5 Å². The smallest absolute Gasteiger partial charge is 0.264 e. The lowest BCUT2D eigenvalue weighted by atomic mass is 9.95. The predicted octanol–water partition coefficient (Wildman–Crippen LogP) is 4.94. The van der Waals surface area contributed by atoms with Crippen LogP contribution in [0.15, 0.2) is 66.7 Å². The number of rotatable bonds is 6. The fourth-order valence-electron chi connectivity index (χ4n) is 4.16. The number of ether oxygens (including phenoxy) is 1.